The molecule has 2 unspecified atom stereocenters. The fraction of sp³-hybridized carbons (Fsp3) is 0.436. The Balaban J connectivity index is 1.18. The molecule has 7 heteroatoms. The van der Waals surface area contributed by atoms with Crippen molar-refractivity contribution in [1.29, 1.82) is 0 Å². The van der Waals surface area contributed by atoms with Crippen LogP contribution in [0.3, 0.4) is 0 Å². The number of aromatic nitrogens is 2. The summed E-state index contributed by atoms with van der Waals surface area (Å²) in [5.41, 5.74) is 14.0. The van der Waals surface area contributed by atoms with Crippen LogP contribution < -0.4 is 0 Å². The number of hydrogen-bond acceptors (Lipinski definition) is 7. The van der Waals surface area contributed by atoms with Crippen LogP contribution in [0.5, 0.6) is 0 Å². The summed E-state index contributed by atoms with van der Waals surface area (Å²) < 4.78 is 9.87. The third-order valence-corrected chi connectivity index (χ3v) is 18.1. The third kappa shape index (κ3) is 4.55. The smallest absolute Gasteiger partial charge is 0.114 e. The Kier molecular flexibility index (Phi) is 7.58. The van der Waals surface area contributed by atoms with Crippen LogP contribution in [0.4, 0.5) is 0 Å². The third-order valence-electron chi connectivity index (χ3n) is 11.4. The number of thiophene rings is 4. The molecule has 0 radical (unpaired) electrons. The quantitative estimate of drug-likeness (QED) is 0.166. The average molecular weight is 699 g/mol. The first-order valence-corrected chi connectivity index (χ1v) is 20.8. The van der Waals surface area contributed by atoms with Crippen LogP contribution in [0.2, 0.25) is 0 Å². The van der Waals surface area contributed by atoms with Crippen molar-refractivity contribution in [1.82, 2.24) is 8.75 Å². The Morgan fingerprint density at radius 1 is 0.630 bits per heavy atom. The second kappa shape index (κ2) is 11.2. The molecule has 46 heavy (non-hydrogen) atoms. The summed E-state index contributed by atoms with van der Waals surface area (Å²) >= 11 is 9.35. The van der Waals surface area contributed by atoms with E-state index in [2.05, 4.69) is 91.0 Å². The molecule has 0 aliphatic heterocycles. The van der Waals surface area contributed by atoms with E-state index >= 15 is 0 Å². The van der Waals surface area contributed by atoms with E-state index in [1.165, 1.54) is 119 Å². The summed E-state index contributed by atoms with van der Waals surface area (Å²) in [5.74, 6) is 0. The molecule has 0 amide bonds. The van der Waals surface area contributed by atoms with Crippen LogP contribution >= 0.6 is 57.1 Å². The van der Waals surface area contributed by atoms with Gasteiger partial charge in [-0.1, -0.05) is 46.2 Å². The monoisotopic (exact) mass is 698 g/mol. The lowest BCUT2D eigenvalue weighted by Gasteiger charge is -2.23. The lowest BCUT2D eigenvalue weighted by atomic mass is 9.85. The van der Waals surface area contributed by atoms with E-state index in [0.29, 0.717) is 10.8 Å². The minimum atomic E-state index is 0.340. The second-order valence-corrected chi connectivity index (χ2v) is 19.0. The van der Waals surface area contributed by atoms with Gasteiger partial charge in [-0.2, -0.15) is 8.75 Å². The molecule has 2 atom stereocenters. The van der Waals surface area contributed by atoms with Crippen LogP contribution in [0.25, 0.3) is 51.4 Å². The lowest BCUT2D eigenvalue weighted by Crippen LogP contribution is -2.16. The van der Waals surface area contributed by atoms with Gasteiger partial charge in [0.2, 0.25) is 0 Å². The predicted molar refractivity (Wildman–Crippen MR) is 206 cm³/mol. The molecule has 238 valence electrons. The molecule has 2 aliphatic carbocycles. The van der Waals surface area contributed by atoms with Crippen molar-refractivity contribution < 1.29 is 0 Å². The lowest BCUT2D eigenvalue weighted by molar-refractivity contribution is 0.433. The Labute approximate surface area is 293 Å². The highest BCUT2D eigenvalue weighted by Gasteiger charge is 2.37. The minimum absolute atomic E-state index is 0.340. The van der Waals surface area contributed by atoms with E-state index in [4.69, 9.17) is 8.75 Å². The number of benzene rings is 1. The number of nitrogens with zero attached hydrogens (tertiary/aromatic N) is 2. The maximum atomic E-state index is 4.94. The zero-order valence-electron chi connectivity index (χ0n) is 28.2. The zero-order chi connectivity index (χ0) is 32.1. The summed E-state index contributed by atoms with van der Waals surface area (Å²) in [7, 11) is 0. The molecule has 8 rings (SSSR count). The fourth-order valence-electron chi connectivity index (χ4n) is 8.06. The standard InChI is InChI=1S/C39H42N2S5/c1-9-15-39(8)17-14-25-19-29(43-37(25)39)35-23(6)21(4)33(45-35)27-12-11-26(30-31(27)41-46-40-30)32-20(3)22(5)34(44-32)28-18-24-13-16-38(7,10-2)36(24)42-28/h11-12,18-19H,9-10,13-17H2,1-8H3. The molecule has 5 heterocycles. The van der Waals surface area contributed by atoms with Crippen molar-refractivity contribution in [3.63, 3.8) is 0 Å². The molecule has 0 fully saturated rings. The SMILES string of the molecule is CCCC1(C)CCc2cc(-c3sc(-c4ccc(-c5sc(-c6cc7c(s6)C(C)(CC)CC7)c(C)c5C)c5nsnc45)c(C)c3C)sc21. The summed E-state index contributed by atoms with van der Waals surface area (Å²) in [6, 6.07) is 9.66. The van der Waals surface area contributed by atoms with Crippen molar-refractivity contribution in [3.05, 3.63) is 67.4 Å². The van der Waals surface area contributed by atoms with E-state index < -0.39 is 0 Å². The average Bonchev–Trinajstić information content (AvgIpc) is 3.89. The van der Waals surface area contributed by atoms with Gasteiger partial charge in [0.05, 0.1) is 11.7 Å². The van der Waals surface area contributed by atoms with E-state index in [0.717, 1.165) is 11.0 Å². The van der Waals surface area contributed by atoms with Crippen molar-refractivity contribution in [3.8, 4) is 40.4 Å². The maximum absolute atomic E-state index is 4.94. The summed E-state index contributed by atoms with van der Waals surface area (Å²) in [6.45, 7) is 18.8. The Bertz CT molecular complexity index is 2150. The molecule has 0 saturated heterocycles. The van der Waals surface area contributed by atoms with Gasteiger partial charge in [0.25, 0.3) is 0 Å². The topological polar surface area (TPSA) is 25.8 Å². The molecule has 0 N–H and O–H groups in total. The van der Waals surface area contributed by atoms with Gasteiger partial charge in [0.1, 0.15) is 11.0 Å². The normalized spacial score (nSPS) is 20.7. The Morgan fingerprint density at radius 3 is 1.57 bits per heavy atom. The largest absolute Gasteiger partial charge is 0.172 e. The van der Waals surface area contributed by atoms with Gasteiger partial charge in [-0.05, 0) is 112 Å². The highest BCUT2D eigenvalue weighted by atomic mass is 32.1. The van der Waals surface area contributed by atoms with E-state index in [1.807, 2.05) is 34.0 Å². The minimum Gasteiger partial charge on any atom is -0.172 e. The van der Waals surface area contributed by atoms with E-state index in [1.54, 1.807) is 20.9 Å². The molecule has 1 aromatic carbocycles. The number of rotatable bonds is 7. The Hall–Kier alpha value is -2.16. The van der Waals surface area contributed by atoms with Gasteiger partial charge >= 0.3 is 0 Å². The number of aryl methyl sites for hydroxylation is 2. The highest BCUT2D eigenvalue weighted by Crippen LogP contribution is 2.54. The van der Waals surface area contributed by atoms with Crippen LogP contribution in [-0.2, 0) is 23.7 Å². The highest BCUT2D eigenvalue weighted by molar-refractivity contribution is 7.25. The second-order valence-electron chi connectivity index (χ2n) is 14.3. The predicted octanol–water partition coefficient (Wildman–Crippen LogP) is 13.5. The van der Waals surface area contributed by atoms with Crippen LogP contribution in [-0.4, -0.2) is 8.75 Å². The fourth-order valence-corrected chi connectivity index (χ4v) is 14.5. The number of fused-ring (bicyclic) bond motifs is 3. The molecule has 2 nitrogen and oxygen atoms in total. The maximum Gasteiger partial charge on any atom is 0.114 e. The molecule has 5 aromatic heterocycles. The number of hydrogen-bond donors (Lipinski definition) is 0. The summed E-state index contributed by atoms with van der Waals surface area (Å²) in [6.07, 6.45) is 8.78. The molecule has 2 aliphatic rings. The van der Waals surface area contributed by atoms with Gasteiger partial charge in [0.15, 0.2) is 0 Å². The molecule has 0 bridgehead atoms. The van der Waals surface area contributed by atoms with E-state index in [9.17, 15) is 0 Å². The van der Waals surface area contributed by atoms with Gasteiger partial charge < -0.3 is 0 Å². The van der Waals surface area contributed by atoms with Crippen molar-refractivity contribution in [2.75, 3.05) is 0 Å². The van der Waals surface area contributed by atoms with Gasteiger partial charge in [-0.25, -0.2) is 0 Å². The van der Waals surface area contributed by atoms with Crippen LogP contribution in [0, 0.1) is 27.7 Å². The summed E-state index contributed by atoms with van der Waals surface area (Å²) in [4.78, 5) is 11.7. The molecule has 0 spiro atoms. The van der Waals surface area contributed by atoms with Crippen molar-refractivity contribution >= 4 is 68.1 Å². The van der Waals surface area contributed by atoms with Crippen molar-refractivity contribution in [2.45, 2.75) is 111 Å². The first-order valence-electron chi connectivity index (χ1n) is 16.8. The molecule has 6 aromatic rings. The van der Waals surface area contributed by atoms with Gasteiger partial charge in [0, 0.05) is 61.0 Å². The van der Waals surface area contributed by atoms with Gasteiger partial charge in [-0.3, -0.25) is 0 Å². The molecular formula is C39H42N2S5. The first kappa shape index (κ1) is 31.1. The Morgan fingerprint density at radius 2 is 1.09 bits per heavy atom. The molecule has 0 saturated carbocycles. The van der Waals surface area contributed by atoms with Crippen LogP contribution in [0.15, 0.2) is 24.3 Å². The first-order chi connectivity index (χ1) is 22.1. The van der Waals surface area contributed by atoms with Gasteiger partial charge in [-0.15, -0.1) is 45.3 Å². The van der Waals surface area contributed by atoms with Crippen LogP contribution in [0.1, 0.15) is 103 Å². The zero-order valence-corrected chi connectivity index (χ0v) is 32.3. The summed E-state index contributed by atoms with van der Waals surface area (Å²) in [5, 5.41) is 0. The molecular weight excluding hydrogens is 657 g/mol. The van der Waals surface area contributed by atoms with E-state index in [-0.39, 0.29) is 0 Å². The van der Waals surface area contributed by atoms with Crippen molar-refractivity contribution in [2.24, 2.45) is 0 Å².